The van der Waals surface area contributed by atoms with E-state index in [2.05, 4.69) is 5.32 Å². The first-order valence-electron chi connectivity index (χ1n) is 13.9. The lowest BCUT2D eigenvalue weighted by Crippen LogP contribution is -2.54. The van der Waals surface area contributed by atoms with Crippen LogP contribution in [0, 0.1) is 19.8 Å². The predicted molar refractivity (Wildman–Crippen MR) is 170 cm³/mol. The Morgan fingerprint density at radius 1 is 0.905 bits per heavy atom. The SMILES string of the molecule is Cc1ccc(C)c(N(CC(=O)N(Cc2cccc(Cl)c2)C(Cc2ccccc2)C(=O)NCC(C)C)S(=O)(=O)N(C)C)c1. The van der Waals surface area contributed by atoms with Gasteiger partial charge >= 0.3 is 10.2 Å². The number of hydrogen-bond acceptors (Lipinski definition) is 4. The van der Waals surface area contributed by atoms with Crippen molar-refractivity contribution in [2.75, 3.05) is 31.5 Å². The maximum atomic E-state index is 14.3. The second-order valence-electron chi connectivity index (χ2n) is 11.1. The summed E-state index contributed by atoms with van der Waals surface area (Å²) in [7, 11) is -1.21. The number of aryl methyl sites for hydroxylation is 2. The third-order valence-corrected chi connectivity index (χ3v) is 8.89. The fourth-order valence-electron chi connectivity index (χ4n) is 4.50. The molecule has 2 amide bonds. The molecule has 0 bridgehead atoms. The van der Waals surface area contributed by atoms with Crippen molar-refractivity contribution < 1.29 is 18.0 Å². The van der Waals surface area contributed by atoms with Gasteiger partial charge in [0.2, 0.25) is 11.8 Å². The zero-order chi connectivity index (χ0) is 31.0. The van der Waals surface area contributed by atoms with Crippen LogP contribution in [0.5, 0.6) is 0 Å². The zero-order valence-electron chi connectivity index (χ0n) is 25.2. The molecule has 0 saturated carbocycles. The molecule has 3 aromatic carbocycles. The maximum absolute atomic E-state index is 14.3. The van der Waals surface area contributed by atoms with Crippen LogP contribution < -0.4 is 9.62 Å². The first-order valence-corrected chi connectivity index (χ1v) is 15.7. The van der Waals surface area contributed by atoms with E-state index in [9.17, 15) is 18.0 Å². The molecular weight excluding hydrogens is 572 g/mol. The molecule has 0 heterocycles. The molecule has 42 heavy (non-hydrogen) atoms. The minimum atomic E-state index is -4.07. The van der Waals surface area contributed by atoms with Crippen molar-refractivity contribution in [3.05, 3.63) is 100 Å². The Morgan fingerprint density at radius 2 is 1.57 bits per heavy atom. The van der Waals surface area contributed by atoms with E-state index >= 15 is 0 Å². The standard InChI is InChI=1S/C32H41ClN4O4S/c1-23(2)20-34-32(39)30(19-26-11-8-7-9-12-26)36(21-27-13-10-14-28(33)18-27)31(38)22-37(42(40,41)35(5)6)29-17-24(3)15-16-25(29)4/h7-18,23,30H,19-22H2,1-6H3,(H,34,39). The zero-order valence-corrected chi connectivity index (χ0v) is 26.7. The highest BCUT2D eigenvalue weighted by molar-refractivity contribution is 7.90. The fraction of sp³-hybridized carbons (Fsp3) is 0.375. The first kappa shape index (κ1) is 33.1. The maximum Gasteiger partial charge on any atom is 0.304 e. The van der Waals surface area contributed by atoms with Gasteiger partial charge in [-0.1, -0.05) is 80.0 Å². The molecule has 3 rings (SSSR count). The summed E-state index contributed by atoms with van der Waals surface area (Å²) in [5.74, 6) is -0.618. The van der Waals surface area contributed by atoms with Crippen molar-refractivity contribution >= 4 is 39.3 Å². The molecule has 0 aliphatic carbocycles. The quantitative estimate of drug-likeness (QED) is 0.295. The molecule has 3 aromatic rings. The van der Waals surface area contributed by atoms with E-state index in [1.165, 1.54) is 19.0 Å². The summed E-state index contributed by atoms with van der Waals surface area (Å²) in [5, 5.41) is 3.48. The van der Waals surface area contributed by atoms with Crippen molar-refractivity contribution in [2.45, 2.75) is 46.7 Å². The van der Waals surface area contributed by atoms with Crippen LogP contribution in [0.25, 0.3) is 0 Å². The molecule has 0 fully saturated rings. The van der Waals surface area contributed by atoms with E-state index in [1.807, 2.05) is 69.3 Å². The predicted octanol–water partition coefficient (Wildman–Crippen LogP) is 4.98. The van der Waals surface area contributed by atoms with Crippen molar-refractivity contribution in [3.63, 3.8) is 0 Å². The van der Waals surface area contributed by atoms with Crippen molar-refractivity contribution in [1.29, 1.82) is 0 Å². The lowest BCUT2D eigenvalue weighted by Gasteiger charge is -2.35. The van der Waals surface area contributed by atoms with Crippen LogP contribution >= 0.6 is 11.6 Å². The van der Waals surface area contributed by atoms with Gasteiger partial charge in [-0.3, -0.25) is 9.59 Å². The van der Waals surface area contributed by atoms with Gasteiger partial charge in [0.25, 0.3) is 0 Å². The third-order valence-electron chi connectivity index (χ3n) is 6.85. The number of anilines is 1. The Kier molecular flexibility index (Phi) is 11.6. The van der Waals surface area contributed by atoms with E-state index < -0.39 is 28.7 Å². The van der Waals surface area contributed by atoms with E-state index in [4.69, 9.17) is 11.6 Å². The normalized spacial score (nSPS) is 12.3. The molecule has 0 radical (unpaired) electrons. The summed E-state index contributed by atoms with van der Waals surface area (Å²) in [6.45, 7) is 7.67. The molecule has 226 valence electrons. The molecule has 1 unspecified atom stereocenters. The Morgan fingerprint density at radius 3 is 2.19 bits per heavy atom. The van der Waals surface area contributed by atoms with E-state index in [1.54, 1.807) is 31.2 Å². The van der Waals surface area contributed by atoms with E-state index in [0.717, 1.165) is 25.3 Å². The minimum Gasteiger partial charge on any atom is -0.354 e. The molecule has 0 saturated heterocycles. The smallest absolute Gasteiger partial charge is 0.304 e. The largest absolute Gasteiger partial charge is 0.354 e. The second kappa shape index (κ2) is 14.7. The van der Waals surface area contributed by atoms with Crippen LogP contribution in [0.1, 0.15) is 36.1 Å². The van der Waals surface area contributed by atoms with Crippen LogP contribution in [0.3, 0.4) is 0 Å². The van der Waals surface area contributed by atoms with Crippen molar-refractivity contribution in [1.82, 2.24) is 14.5 Å². The van der Waals surface area contributed by atoms with Crippen molar-refractivity contribution in [2.24, 2.45) is 5.92 Å². The lowest BCUT2D eigenvalue weighted by molar-refractivity contribution is -0.140. The highest BCUT2D eigenvalue weighted by Crippen LogP contribution is 2.26. The lowest BCUT2D eigenvalue weighted by atomic mass is 10.0. The number of benzene rings is 3. The number of halogens is 1. The fourth-order valence-corrected chi connectivity index (χ4v) is 5.82. The number of nitrogens with one attached hydrogen (secondary N) is 1. The van der Waals surface area contributed by atoms with Gasteiger partial charge in [0, 0.05) is 38.6 Å². The van der Waals surface area contributed by atoms with Crippen LogP contribution in [-0.2, 0) is 32.8 Å². The van der Waals surface area contributed by atoms with E-state index in [0.29, 0.717) is 22.8 Å². The number of carbonyl (C=O) groups is 2. The number of amides is 2. The summed E-state index contributed by atoms with van der Waals surface area (Å²) in [6, 6.07) is 21.1. The summed E-state index contributed by atoms with van der Waals surface area (Å²) >= 11 is 6.28. The molecular formula is C32H41ClN4O4S. The Bertz CT molecular complexity index is 1480. The van der Waals surface area contributed by atoms with Gasteiger partial charge in [0.15, 0.2) is 0 Å². The second-order valence-corrected chi connectivity index (χ2v) is 13.6. The molecule has 0 aliphatic rings. The van der Waals surface area contributed by atoms with Crippen LogP contribution in [-0.4, -0.2) is 62.7 Å². The van der Waals surface area contributed by atoms with Gasteiger partial charge in [0.1, 0.15) is 12.6 Å². The number of hydrogen-bond donors (Lipinski definition) is 1. The number of carbonyl (C=O) groups excluding carboxylic acids is 2. The molecule has 10 heteroatoms. The number of nitrogens with zero attached hydrogens (tertiary/aromatic N) is 3. The van der Waals surface area contributed by atoms with Gasteiger partial charge < -0.3 is 10.2 Å². The molecule has 0 aliphatic heterocycles. The highest BCUT2D eigenvalue weighted by Gasteiger charge is 2.35. The molecule has 1 atom stereocenters. The summed E-state index contributed by atoms with van der Waals surface area (Å²) < 4.78 is 29.4. The Balaban J connectivity index is 2.12. The van der Waals surface area contributed by atoms with Gasteiger partial charge in [-0.05, 0) is 60.2 Å². The number of rotatable bonds is 13. The molecule has 0 spiro atoms. The van der Waals surface area contributed by atoms with Crippen molar-refractivity contribution in [3.8, 4) is 0 Å². The van der Waals surface area contributed by atoms with Crippen LogP contribution in [0.15, 0.2) is 72.8 Å². The molecule has 0 aromatic heterocycles. The molecule has 1 N–H and O–H groups in total. The van der Waals surface area contributed by atoms with Crippen LogP contribution in [0.4, 0.5) is 5.69 Å². The average Bonchev–Trinajstić information content (AvgIpc) is 2.94. The molecule has 8 nitrogen and oxygen atoms in total. The van der Waals surface area contributed by atoms with Gasteiger partial charge in [-0.2, -0.15) is 12.7 Å². The monoisotopic (exact) mass is 612 g/mol. The highest BCUT2D eigenvalue weighted by atomic mass is 35.5. The summed E-state index contributed by atoms with van der Waals surface area (Å²) in [4.78, 5) is 29.6. The minimum absolute atomic E-state index is 0.0641. The Hall–Kier alpha value is -3.40. The Labute approximate surface area is 255 Å². The summed E-state index contributed by atoms with van der Waals surface area (Å²) in [6.07, 6.45) is 0.251. The topological polar surface area (TPSA) is 90.0 Å². The van der Waals surface area contributed by atoms with E-state index in [-0.39, 0.29) is 24.8 Å². The van der Waals surface area contributed by atoms with Gasteiger partial charge in [-0.25, -0.2) is 4.31 Å². The summed E-state index contributed by atoms with van der Waals surface area (Å²) in [5.41, 5.74) is 3.56. The third kappa shape index (κ3) is 8.80. The van der Waals surface area contributed by atoms with Gasteiger partial charge in [0.05, 0.1) is 5.69 Å². The first-order chi connectivity index (χ1) is 19.8. The average molecular weight is 613 g/mol. The van der Waals surface area contributed by atoms with Crippen LogP contribution in [0.2, 0.25) is 5.02 Å². The van der Waals surface area contributed by atoms with Gasteiger partial charge in [-0.15, -0.1) is 0 Å².